The van der Waals surface area contributed by atoms with Gasteiger partial charge in [-0.1, -0.05) is 26.0 Å². The molecule has 4 aromatic rings. The molecule has 2 aromatic heterocycles. The fourth-order valence-electron chi connectivity index (χ4n) is 3.93. The van der Waals surface area contributed by atoms with Gasteiger partial charge in [-0.2, -0.15) is 0 Å². The van der Waals surface area contributed by atoms with Crippen molar-refractivity contribution in [1.29, 1.82) is 0 Å². The molecule has 204 valence electrons. The second kappa shape index (κ2) is 14.4. The van der Waals surface area contributed by atoms with Crippen molar-refractivity contribution in [3.05, 3.63) is 87.5 Å². The van der Waals surface area contributed by atoms with Crippen LogP contribution in [0.4, 0.5) is 8.78 Å². The number of hydrogen-bond acceptors (Lipinski definition) is 6. The molecule has 39 heavy (non-hydrogen) atoms. The second-order valence-electron chi connectivity index (χ2n) is 8.15. The first kappa shape index (κ1) is 30.6. The van der Waals surface area contributed by atoms with Crippen LogP contribution >= 0.6 is 0 Å². The predicted octanol–water partition coefficient (Wildman–Crippen LogP) is 4.76. The van der Waals surface area contributed by atoms with Gasteiger partial charge < -0.3 is 14.9 Å². The van der Waals surface area contributed by atoms with Gasteiger partial charge in [0.1, 0.15) is 36.2 Å². The van der Waals surface area contributed by atoms with Crippen molar-refractivity contribution in [3.63, 3.8) is 0 Å². The van der Waals surface area contributed by atoms with Crippen LogP contribution in [0.2, 0.25) is 0 Å². The summed E-state index contributed by atoms with van der Waals surface area (Å²) in [6.45, 7) is 9.60. The summed E-state index contributed by atoms with van der Waals surface area (Å²) in [5.74, 6) is -1.64. The molecule has 2 heterocycles. The number of aryl methyl sites for hydroxylation is 2. The third kappa shape index (κ3) is 6.84. The molecule has 10 heteroatoms. The molecular formula is C29H30F2N4O4. The summed E-state index contributed by atoms with van der Waals surface area (Å²) in [6, 6.07) is 11.6. The Labute approximate surface area is 224 Å². The maximum absolute atomic E-state index is 14.6. The van der Waals surface area contributed by atoms with E-state index in [-0.39, 0.29) is 11.6 Å². The Kier molecular flexibility index (Phi) is 11.3. The molecule has 0 aliphatic carbocycles. The number of amides is 1. The fourth-order valence-corrected chi connectivity index (χ4v) is 3.93. The molecule has 0 saturated heterocycles. The molecule has 0 atom stereocenters. The van der Waals surface area contributed by atoms with Crippen molar-refractivity contribution in [3.8, 4) is 16.9 Å². The molecule has 0 unspecified atom stereocenters. The molecule has 8 nitrogen and oxygen atoms in total. The average Bonchev–Trinajstić information content (AvgIpc) is 2.93. The van der Waals surface area contributed by atoms with Crippen molar-refractivity contribution < 1.29 is 23.2 Å². The maximum atomic E-state index is 14.6. The third-order valence-corrected chi connectivity index (χ3v) is 5.57. The van der Waals surface area contributed by atoms with Gasteiger partial charge >= 0.3 is 0 Å². The Bertz CT molecular complexity index is 1520. The minimum Gasteiger partial charge on any atom is -0.352 e. The largest absolute Gasteiger partial charge is 0.352 e. The van der Waals surface area contributed by atoms with Crippen LogP contribution in [0.1, 0.15) is 48.9 Å². The zero-order valence-electron chi connectivity index (χ0n) is 22.3. The number of halogens is 2. The lowest BCUT2D eigenvalue weighted by atomic mass is 9.97. The smallest absolute Gasteiger partial charge is 0.256 e. The Morgan fingerprint density at radius 3 is 2.28 bits per heavy atom. The van der Waals surface area contributed by atoms with Crippen LogP contribution in [0, 0.1) is 18.6 Å². The second-order valence-corrected chi connectivity index (χ2v) is 8.15. The molecule has 4 rings (SSSR count). The lowest BCUT2D eigenvalue weighted by molar-refractivity contribution is -0.106. The molecule has 1 N–H and O–H groups in total. The lowest BCUT2D eigenvalue weighted by Gasteiger charge is -2.16. The summed E-state index contributed by atoms with van der Waals surface area (Å²) in [6.07, 6.45) is 2.23. The number of fused-ring (bicyclic) bond motifs is 1. The van der Waals surface area contributed by atoms with Crippen molar-refractivity contribution in [2.75, 3.05) is 6.54 Å². The Morgan fingerprint density at radius 2 is 1.69 bits per heavy atom. The van der Waals surface area contributed by atoms with Crippen molar-refractivity contribution >= 4 is 30.0 Å². The first-order chi connectivity index (χ1) is 18.8. The molecule has 0 aliphatic rings. The molecule has 0 saturated carbocycles. The molecular weight excluding hydrogens is 506 g/mol. The van der Waals surface area contributed by atoms with Gasteiger partial charge in [0.15, 0.2) is 5.65 Å². The quantitative estimate of drug-likeness (QED) is 0.356. The number of rotatable bonds is 6. The molecule has 2 aromatic carbocycles. The maximum Gasteiger partial charge on any atom is 0.256 e. The SMILES string of the molecule is C=O.CC=O.CCCNC(=O)c1ccc(CC)c(-c2nc(C)nc3c2ccc(=O)n3-c2c(F)cccc2F)c1. The lowest BCUT2D eigenvalue weighted by Crippen LogP contribution is -2.24. The van der Waals surface area contributed by atoms with Gasteiger partial charge in [-0.05, 0) is 62.6 Å². The van der Waals surface area contributed by atoms with E-state index in [9.17, 15) is 18.4 Å². The van der Waals surface area contributed by atoms with Crippen LogP contribution in [0.5, 0.6) is 0 Å². The number of benzene rings is 2. The first-order valence-electron chi connectivity index (χ1n) is 12.2. The predicted molar refractivity (Wildman–Crippen MR) is 146 cm³/mol. The summed E-state index contributed by atoms with van der Waals surface area (Å²) >= 11 is 0. The van der Waals surface area contributed by atoms with Gasteiger partial charge in [-0.3, -0.25) is 14.2 Å². The number of para-hydroxylation sites is 1. The normalized spacial score (nSPS) is 10.1. The van der Waals surface area contributed by atoms with Crippen LogP contribution in [-0.2, 0) is 16.0 Å². The number of pyridine rings is 1. The number of carbonyl (C=O) groups is 3. The van der Waals surface area contributed by atoms with Crippen LogP contribution in [0.25, 0.3) is 28.0 Å². The highest BCUT2D eigenvalue weighted by Crippen LogP contribution is 2.31. The summed E-state index contributed by atoms with van der Waals surface area (Å²) in [5, 5.41) is 3.30. The minimum absolute atomic E-state index is 0.0851. The summed E-state index contributed by atoms with van der Waals surface area (Å²) in [4.78, 5) is 51.2. The molecule has 0 bridgehead atoms. The van der Waals surface area contributed by atoms with Gasteiger partial charge in [0, 0.05) is 29.1 Å². The van der Waals surface area contributed by atoms with E-state index in [1.165, 1.54) is 19.1 Å². The van der Waals surface area contributed by atoms with Crippen LogP contribution in [0.15, 0.2) is 53.3 Å². The number of aldehydes is 1. The summed E-state index contributed by atoms with van der Waals surface area (Å²) < 4.78 is 30.2. The van der Waals surface area contributed by atoms with Crippen molar-refractivity contribution in [2.24, 2.45) is 0 Å². The summed E-state index contributed by atoms with van der Waals surface area (Å²) in [5.41, 5.74) is 1.55. The highest BCUT2D eigenvalue weighted by Gasteiger charge is 2.20. The van der Waals surface area contributed by atoms with Gasteiger partial charge in [-0.15, -0.1) is 0 Å². The van der Waals surface area contributed by atoms with Gasteiger partial charge in [0.05, 0.1) is 5.69 Å². The highest BCUT2D eigenvalue weighted by atomic mass is 19.1. The van der Waals surface area contributed by atoms with Crippen molar-refractivity contribution in [1.82, 2.24) is 19.9 Å². The van der Waals surface area contributed by atoms with Crippen LogP contribution < -0.4 is 10.9 Å². The Morgan fingerprint density at radius 1 is 1.05 bits per heavy atom. The Hall–Kier alpha value is -4.60. The number of nitrogens with zero attached hydrogens (tertiary/aromatic N) is 3. The molecule has 0 fully saturated rings. The monoisotopic (exact) mass is 536 g/mol. The average molecular weight is 537 g/mol. The van der Waals surface area contributed by atoms with Crippen LogP contribution in [0.3, 0.4) is 0 Å². The van der Waals surface area contributed by atoms with E-state index in [4.69, 9.17) is 9.59 Å². The number of aromatic nitrogens is 3. The highest BCUT2D eigenvalue weighted by molar-refractivity contribution is 5.98. The third-order valence-electron chi connectivity index (χ3n) is 5.57. The molecule has 0 aliphatic heterocycles. The number of nitrogens with one attached hydrogen (secondary N) is 1. The minimum atomic E-state index is -0.878. The van der Waals surface area contributed by atoms with E-state index in [0.717, 1.165) is 35.0 Å². The summed E-state index contributed by atoms with van der Waals surface area (Å²) in [7, 11) is 0. The first-order valence-corrected chi connectivity index (χ1v) is 12.2. The van der Waals surface area contributed by atoms with Crippen LogP contribution in [-0.4, -0.2) is 40.1 Å². The van der Waals surface area contributed by atoms with Gasteiger partial charge in [-0.25, -0.2) is 18.7 Å². The van der Waals surface area contributed by atoms with E-state index < -0.39 is 22.9 Å². The van der Waals surface area contributed by atoms with Crippen molar-refractivity contribution in [2.45, 2.75) is 40.5 Å². The van der Waals surface area contributed by atoms with E-state index >= 15 is 0 Å². The topological polar surface area (TPSA) is 111 Å². The molecule has 0 spiro atoms. The van der Waals surface area contributed by atoms with Gasteiger partial charge in [0.2, 0.25) is 0 Å². The van der Waals surface area contributed by atoms with E-state index in [0.29, 0.717) is 41.0 Å². The number of carbonyl (C=O) groups excluding carboxylic acids is 3. The van der Waals surface area contributed by atoms with Gasteiger partial charge in [0.25, 0.3) is 11.5 Å². The molecule has 0 radical (unpaired) electrons. The van der Waals surface area contributed by atoms with E-state index in [1.54, 1.807) is 25.1 Å². The standard InChI is InChI=1S/C26H24F2N4O2.C2H4O.CH2O/c1-4-13-29-26(34)17-10-9-16(5-2)19(14-17)23-18-11-12-22(33)32(25(18)31-15(3)30-23)24-20(27)7-6-8-21(24)28;1-2-3;1-2/h6-12,14H,4-5,13H2,1-3H3,(H,29,34);2H,1H3;1H2. The number of hydrogen-bond donors (Lipinski definition) is 1. The zero-order valence-corrected chi connectivity index (χ0v) is 22.3. The zero-order chi connectivity index (χ0) is 29.1. The van der Waals surface area contributed by atoms with E-state index in [2.05, 4.69) is 15.3 Å². The van der Waals surface area contributed by atoms with E-state index in [1.807, 2.05) is 26.7 Å². The Balaban J connectivity index is 0.000000998. The molecule has 1 amide bonds. The fraction of sp³-hybridized carbons (Fsp3) is 0.241.